The second-order valence-electron chi connectivity index (χ2n) is 6.37. The molecule has 0 atom stereocenters. The van der Waals surface area contributed by atoms with Crippen LogP contribution in [-0.2, 0) is 0 Å². The lowest BCUT2D eigenvalue weighted by Gasteiger charge is -2.11. The highest BCUT2D eigenvalue weighted by molar-refractivity contribution is 6.36. The van der Waals surface area contributed by atoms with Crippen LogP contribution < -0.4 is 5.73 Å². The van der Waals surface area contributed by atoms with E-state index in [-0.39, 0.29) is 27.2 Å². The fourth-order valence-corrected chi connectivity index (χ4v) is 2.73. The molecule has 28 heavy (non-hydrogen) atoms. The molecule has 2 aromatic heterocycles. The summed E-state index contributed by atoms with van der Waals surface area (Å²) in [6.07, 6.45) is 2.45. The largest absolute Gasteiger partial charge is 0.477 e. The van der Waals surface area contributed by atoms with E-state index in [9.17, 15) is 4.79 Å². The van der Waals surface area contributed by atoms with Gasteiger partial charge in [-0.05, 0) is 18.1 Å². The Morgan fingerprint density at radius 1 is 1.39 bits per heavy atom. The van der Waals surface area contributed by atoms with Crippen LogP contribution >= 0.6 is 23.2 Å². The van der Waals surface area contributed by atoms with Crippen LogP contribution in [0.25, 0.3) is 16.8 Å². The van der Waals surface area contributed by atoms with E-state index in [0.717, 1.165) is 12.1 Å². The Kier molecular flexibility index (Phi) is 6.84. The second kappa shape index (κ2) is 8.91. The van der Waals surface area contributed by atoms with Gasteiger partial charge in [0.25, 0.3) is 0 Å². The van der Waals surface area contributed by atoms with Crippen LogP contribution in [0, 0.1) is 17.2 Å². The van der Waals surface area contributed by atoms with Gasteiger partial charge in [0.05, 0.1) is 23.4 Å². The molecule has 9 heteroatoms. The lowest BCUT2D eigenvalue weighted by Crippen LogP contribution is -2.06. The number of hydrogen-bond acceptors (Lipinski definition) is 5. The van der Waals surface area contributed by atoms with E-state index < -0.39 is 5.97 Å². The van der Waals surface area contributed by atoms with Crippen molar-refractivity contribution < 1.29 is 9.90 Å². The highest BCUT2D eigenvalue weighted by Gasteiger charge is 2.21. The zero-order chi connectivity index (χ0) is 21.0. The Balaban J connectivity index is 0.000000500. The van der Waals surface area contributed by atoms with Crippen LogP contribution in [0.3, 0.4) is 0 Å². The Morgan fingerprint density at radius 2 is 2.04 bits per heavy atom. The van der Waals surface area contributed by atoms with Gasteiger partial charge in [-0.3, -0.25) is 0 Å². The number of fused-ring (bicyclic) bond motifs is 1. The molecule has 0 bridgehead atoms. The topological polar surface area (TPSA) is 117 Å². The van der Waals surface area contributed by atoms with E-state index in [1.54, 1.807) is 12.1 Å². The van der Waals surface area contributed by atoms with Crippen LogP contribution in [-0.4, -0.2) is 25.7 Å². The van der Waals surface area contributed by atoms with E-state index in [0.29, 0.717) is 16.7 Å². The molecule has 3 rings (SSSR count). The van der Waals surface area contributed by atoms with Gasteiger partial charge in [-0.1, -0.05) is 56.5 Å². The Labute approximate surface area is 172 Å². The first kappa shape index (κ1) is 21.5. The van der Waals surface area contributed by atoms with Crippen LogP contribution in [0.1, 0.15) is 43.1 Å². The van der Waals surface area contributed by atoms with Gasteiger partial charge >= 0.3 is 5.97 Å². The third-order valence-electron chi connectivity index (χ3n) is 4.05. The first-order chi connectivity index (χ1) is 13.2. The standard InChI is InChI=1S/C14H7Cl2N5O2.C5H12/c15-9-3-6(4-17)1-2-7(9)10-11(16)20-13-8(14(22)23)5-19-21(13)12(10)18;1-4-5(2)3/h1-3,5H,18H2,(H,22,23);5H,4H2,1-3H3. The quantitative estimate of drug-likeness (QED) is 0.582. The summed E-state index contributed by atoms with van der Waals surface area (Å²) in [4.78, 5) is 15.2. The molecule has 0 aliphatic rings. The maximum atomic E-state index is 11.1. The molecule has 0 unspecified atom stereocenters. The normalized spacial score (nSPS) is 10.5. The summed E-state index contributed by atoms with van der Waals surface area (Å²) in [5.41, 5.74) is 7.15. The molecule has 0 amide bonds. The van der Waals surface area contributed by atoms with E-state index in [2.05, 4.69) is 30.9 Å². The molecule has 7 nitrogen and oxygen atoms in total. The van der Waals surface area contributed by atoms with Crippen LogP contribution in [0.2, 0.25) is 10.2 Å². The van der Waals surface area contributed by atoms with Crippen LogP contribution in [0.4, 0.5) is 5.82 Å². The van der Waals surface area contributed by atoms with Crippen molar-refractivity contribution >= 4 is 40.6 Å². The maximum Gasteiger partial charge on any atom is 0.341 e. The molecule has 3 N–H and O–H groups in total. The van der Waals surface area contributed by atoms with Crippen LogP contribution in [0.5, 0.6) is 0 Å². The molecule has 0 aliphatic heterocycles. The SMILES string of the molecule is CCC(C)C.N#Cc1ccc(-c2c(Cl)nc3c(C(=O)O)cnn3c2N)c(Cl)c1. The number of carbonyl (C=O) groups is 1. The first-order valence-electron chi connectivity index (χ1n) is 8.47. The zero-order valence-corrected chi connectivity index (χ0v) is 17.1. The second-order valence-corrected chi connectivity index (χ2v) is 7.14. The molecule has 0 aliphatic carbocycles. The molecular weight excluding hydrogens is 401 g/mol. The number of rotatable bonds is 3. The highest BCUT2D eigenvalue weighted by atomic mass is 35.5. The van der Waals surface area contributed by atoms with Gasteiger partial charge in [0.1, 0.15) is 16.5 Å². The van der Waals surface area contributed by atoms with E-state index >= 15 is 0 Å². The minimum Gasteiger partial charge on any atom is -0.477 e. The molecule has 0 radical (unpaired) electrons. The first-order valence-corrected chi connectivity index (χ1v) is 9.22. The number of aromatic nitrogens is 3. The highest BCUT2D eigenvalue weighted by Crippen LogP contribution is 2.37. The zero-order valence-electron chi connectivity index (χ0n) is 15.6. The van der Waals surface area contributed by atoms with Crippen molar-refractivity contribution in [2.24, 2.45) is 5.92 Å². The average molecular weight is 420 g/mol. The van der Waals surface area contributed by atoms with Crippen molar-refractivity contribution in [1.29, 1.82) is 5.26 Å². The van der Waals surface area contributed by atoms with Gasteiger partial charge < -0.3 is 10.8 Å². The monoisotopic (exact) mass is 419 g/mol. The molecule has 0 fully saturated rings. The Bertz CT molecular complexity index is 1070. The smallest absolute Gasteiger partial charge is 0.341 e. The third kappa shape index (κ3) is 4.35. The molecule has 2 heterocycles. The number of benzene rings is 1. The van der Waals surface area contributed by atoms with Gasteiger partial charge in [0.15, 0.2) is 5.65 Å². The van der Waals surface area contributed by atoms with Crippen molar-refractivity contribution in [3.8, 4) is 17.2 Å². The average Bonchev–Trinajstić information content (AvgIpc) is 3.07. The van der Waals surface area contributed by atoms with Crippen molar-refractivity contribution in [3.05, 3.63) is 45.7 Å². The molecule has 0 saturated heterocycles. The number of nitrogens with two attached hydrogens (primary N) is 1. The number of nitrogen functional groups attached to an aromatic ring is 1. The summed E-state index contributed by atoms with van der Waals surface area (Å²) >= 11 is 12.4. The Hall–Kier alpha value is -2.82. The minimum absolute atomic E-state index is 0.00962. The molecule has 1 aromatic carbocycles. The van der Waals surface area contributed by atoms with Gasteiger partial charge in [-0.2, -0.15) is 14.9 Å². The fourth-order valence-electron chi connectivity index (χ4n) is 2.17. The summed E-state index contributed by atoms with van der Waals surface area (Å²) in [5, 5.41) is 22.2. The summed E-state index contributed by atoms with van der Waals surface area (Å²) < 4.78 is 1.18. The summed E-state index contributed by atoms with van der Waals surface area (Å²) in [7, 11) is 0. The van der Waals surface area contributed by atoms with Crippen molar-refractivity contribution in [1.82, 2.24) is 14.6 Å². The van der Waals surface area contributed by atoms with E-state index in [1.807, 2.05) is 6.07 Å². The lowest BCUT2D eigenvalue weighted by molar-refractivity contribution is 0.0699. The molecule has 0 saturated carbocycles. The minimum atomic E-state index is -1.19. The lowest BCUT2D eigenvalue weighted by atomic mass is 10.1. The van der Waals surface area contributed by atoms with Crippen molar-refractivity contribution in [2.45, 2.75) is 27.2 Å². The number of nitriles is 1. The fraction of sp³-hybridized carbons (Fsp3) is 0.263. The van der Waals surface area contributed by atoms with Gasteiger partial charge in [-0.25, -0.2) is 9.78 Å². The number of carboxylic acids is 1. The van der Waals surface area contributed by atoms with E-state index in [1.165, 1.54) is 17.0 Å². The third-order valence-corrected chi connectivity index (χ3v) is 4.64. The number of aromatic carboxylic acids is 1. The molecule has 0 spiro atoms. The number of carboxylic acid groups (broad SMARTS) is 1. The van der Waals surface area contributed by atoms with Gasteiger partial charge in [-0.15, -0.1) is 0 Å². The summed E-state index contributed by atoms with van der Waals surface area (Å²) in [6.45, 7) is 6.64. The Morgan fingerprint density at radius 3 is 2.54 bits per heavy atom. The molecule has 146 valence electrons. The predicted octanol–water partition coefficient (Wildman–Crippen LogP) is 4.91. The van der Waals surface area contributed by atoms with E-state index in [4.69, 9.17) is 39.3 Å². The van der Waals surface area contributed by atoms with Gasteiger partial charge in [0.2, 0.25) is 0 Å². The molecular formula is C19H19Cl2N5O2. The van der Waals surface area contributed by atoms with Crippen LogP contribution in [0.15, 0.2) is 24.4 Å². The van der Waals surface area contributed by atoms with Gasteiger partial charge in [0, 0.05) is 10.6 Å². The number of anilines is 1. The number of nitrogens with zero attached hydrogens (tertiary/aromatic N) is 4. The number of halogens is 2. The summed E-state index contributed by atoms with van der Waals surface area (Å²) in [5.74, 6) is -0.207. The number of hydrogen-bond donors (Lipinski definition) is 2. The molecule has 3 aromatic rings. The summed E-state index contributed by atoms with van der Waals surface area (Å²) in [6, 6.07) is 6.60. The predicted molar refractivity (Wildman–Crippen MR) is 110 cm³/mol. The van der Waals surface area contributed by atoms with Crippen molar-refractivity contribution in [3.63, 3.8) is 0 Å². The maximum absolute atomic E-state index is 11.1. The van der Waals surface area contributed by atoms with Crippen molar-refractivity contribution in [2.75, 3.05) is 5.73 Å².